The van der Waals surface area contributed by atoms with Crippen molar-refractivity contribution in [3.05, 3.63) is 24.0 Å². The lowest BCUT2D eigenvalue weighted by Gasteiger charge is -2.32. The molecule has 1 aromatic rings. The predicted molar refractivity (Wildman–Crippen MR) is 77.4 cm³/mol. The van der Waals surface area contributed by atoms with Crippen LogP contribution in [0.4, 0.5) is 5.69 Å². The minimum absolute atomic E-state index is 0.159. The first-order valence-electron chi connectivity index (χ1n) is 6.11. The number of anilines is 1. The number of hydrogen-bond acceptors (Lipinski definition) is 3. The fourth-order valence-electron chi connectivity index (χ4n) is 1.93. The Kier molecular flexibility index (Phi) is 4.87. The Bertz CT molecular complexity index is 360. The van der Waals surface area contributed by atoms with E-state index in [-0.39, 0.29) is 5.54 Å². The highest BCUT2D eigenvalue weighted by Crippen LogP contribution is 2.25. The zero-order chi connectivity index (χ0) is 12.9. The van der Waals surface area contributed by atoms with Gasteiger partial charge >= 0.3 is 0 Å². The summed E-state index contributed by atoms with van der Waals surface area (Å²) >= 11 is 4.88. The van der Waals surface area contributed by atoms with Gasteiger partial charge in [0.1, 0.15) is 4.99 Å². The summed E-state index contributed by atoms with van der Waals surface area (Å²) in [4.78, 5) is 4.57. The van der Waals surface area contributed by atoms with E-state index in [4.69, 9.17) is 18.0 Å². The van der Waals surface area contributed by atoms with Crippen molar-refractivity contribution in [2.24, 2.45) is 5.73 Å². The van der Waals surface area contributed by atoms with Gasteiger partial charge in [0.25, 0.3) is 0 Å². The van der Waals surface area contributed by atoms with Crippen LogP contribution in [-0.2, 0) is 0 Å². The molecule has 0 aliphatic rings. The fourth-order valence-corrected chi connectivity index (χ4v) is 2.06. The molecule has 3 nitrogen and oxygen atoms in total. The Morgan fingerprint density at radius 2 is 1.88 bits per heavy atom. The molecule has 0 saturated carbocycles. The van der Waals surface area contributed by atoms with Gasteiger partial charge in [-0.2, -0.15) is 0 Å². The summed E-state index contributed by atoms with van der Waals surface area (Å²) in [6.07, 6.45) is 5.08. The molecule has 0 atom stereocenters. The van der Waals surface area contributed by atoms with Gasteiger partial charge in [-0.1, -0.05) is 33.0 Å². The minimum Gasteiger partial charge on any atom is -0.388 e. The van der Waals surface area contributed by atoms with E-state index in [1.807, 2.05) is 12.1 Å². The Balaban J connectivity index is 2.84. The maximum Gasteiger partial charge on any atom is 0.122 e. The smallest absolute Gasteiger partial charge is 0.122 e. The molecule has 0 aliphatic carbocycles. The number of nitrogens with zero attached hydrogens (tertiary/aromatic N) is 1. The minimum atomic E-state index is 0.159. The number of nitrogens with two attached hydrogens (primary N) is 1. The number of hydrogen-bond donors (Lipinski definition) is 2. The lowest BCUT2D eigenvalue weighted by Crippen LogP contribution is -2.36. The Labute approximate surface area is 109 Å². The maximum absolute atomic E-state index is 5.52. The zero-order valence-corrected chi connectivity index (χ0v) is 11.6. The average Bonchev–Trinajstić information content (AvgIpc) is 2.37. The van der Waals surface area contributed by atoms with Crippen molar-refractivity contribution >= 4 is 22.9 Å². The van der Waals surface area contributed by atoms with Gasteiger partial charge in [0, 0.05) is 5.54 Å². The molecule has 0 spiro atoms. The second-order valence-corrected chi connectivity index (χ2v) is 4.70. The van der Waals surface area contributed by atoms with Gasteiger partial charge < -0.3 is 11.1 Å². The average molecular weight is 251 g/mol. The Morgan fingerprint density at radius 3 is 2.24 bits per heavy atom. The first-order chi connectivity index (χ1) is 8.06. The van der Waals surface area contributed by atoms with Crippen LogP contribution in [0.2, 0.25) is 0 Å². The predicted octanol–water partition coefficient (Wildman–Crippen LogP) is 3.10. The van der Waals surface area contributed by atoms with Crippen molar-refractivity contribution in [1.82, 2.24) is 4.98 Å². The van der Waals surface area contributed by atoms with Crippen molar-refractivity contribution in [3.8, 4) is 0 Å². The van der Waals surface area contributed by atoms with Gasteiger partial charge in [0.15, 0.2) is 0 Å². The summed E-state index contributed by atoms with van der Waals surface area (Å²) < 4.78 is 0. The maximum atomic E-state index is 5.52. The monoisotopic (exact) mass is 251 g/mol. The van der Waals surface area contributed by atoms with Crippen LogP contribution in [0.25, 0.3) is 0 Å². The van der Waals surface area contributed by atoms with Gasteiger partial charge in [-0.25, -0.2) is 0 Å². The molecule has 17 heavy (non-hydrogen) atoms. The molecule has 0 amide bonds. The quantitative estimate of drug-likeness (QED) is 0.763. The molecule has 0 aliphatic heterocycles. The molecular formula is C13H21N3S. The molecule has 0 aromatic carbocycles. The van der Waals surface area contributed by atoms with E-state index in [0.29, 0.717) is 10.7 Å². The van der Waals surface area contributed by atoms with E-state index in [1.54, 1.807) is 6.20 Å². The SMILES string of the molecule is CCC(CC)(CC)Nc1ccc(C(N)=S)nc1. The Hall–Kier alpha value is -1.16. The topological polar surface area (TPSA) is 50.9 Å². The molecule has 1 aromatic heterocycles. The second kappa shape index (κ2) is 5.96. The number of pyridine rings is 1. The summed E-state index contributed by atoms with van der Waals surface area (Å²) in [5, 5.41) is 3.56. The molecule has 0 saturated heterocycles. The number of aromatic nitrogens is 1. The molecule has 3 N–H and O–H groups in total. The highest BCUT2D eigenvalue weighted by molar-refractivity contribution is 7.80. The largest absolute Gasteiger partial charge is 0.388 e. The van der Waals surface area contributed by atoms with Crippen molar-refractivity contribution in [1.29, 1.82) is 0 Å². The molecule has 0 fully saturated rings. The first kappa shape index (κ1) is 13.9. The van der Waals surface area contributed by atoms with Crippen LogP contribution in [0, 0.1) is 0 Å². The highest BCUT2D eigenvalue weighted by atomic mass is 32.1. The lowest BCUT2D eigenvalue weighted by molar-refractivity contribution is 0.420. The third kappa shape index (κ3) is 3.40. The number of nitrogens with one attached hydrogen (secondary N) is 1. The third-order valence-electron chi connectivity index (χ3n) is 3.46. The molecule has 4 heteroatoms. The molecule has 0 unspecified atom stereocenters. The summed E-state index contributed by atoms with van der Waals surface area (Å²) in [6, 6.07) is 3.84. The van der Waals surface area contributed by atoms with Crippen LogP contribution < -0.4 is 11.1 Å². The van der Waals surface area contributed by atoms with E-state index >= 15 is 0 Å². The zero-order valence-electron chi connectivity index (χ0n) is 10.8. The second-order valence-electron chi connectivity index (χ2n) is 4.26. The highest BCUT2D eigenvalue weighted by Gasteiger charge is 2.23. The normalized spacial score (nSPS) is 11.2. The van der Waals surface area contributed by atoms with Crippen molar-refractivity contribution < 1.29 is 0 Å². The molecule has 1 rings (SSSR count). The van der Waals surface area contributed by atoms with Gasteiger partial charge in [-0.15, -0.1) is 0 Å². The lowest BCUT2D eigenvalue weighted by atomic mass is 9.89. The van der Waals surface area contributed by atoms with Crippen LogP contribution in [-0.4, -0.2) is 15.5 Å². The van der Waals surface area contributed by atoms with Crippen LogP contribution in [0.15, 0.2) is 18.3 Å². The van der Waals surface area contributed by atoms with E-state index in [2.05, 4.69) is 31.1 Å². The number of rotatable bonds is 6. The van der Waals surface area contributed by atoms with Crippen LogP contribution in [0.5, 0.6) is 0 Å². The van der Waals surface area contributed by atoms with E-state index < -0.39 is 0 Å². The fraction of sp³-hybridized carbons (Fsp3) is 0.538. The first-order valence-corrected chi connectivity index (χ1v) is 6.51. The molecule has 94 valence electrons. The van der Waals surface area contributed by atoms with Crippen LogP contribution >= 0.6 is 12.2 Å². The molecule has 1 heterocycles. The molecule has 0 radical (unpaired) electrons. The van der Waals surface area contributed by atoms with Gasteiger partial charge in [-0.3, -0.25) is 4.98 Å². The van der Waals surface area contributed by atoms with E-state index in [9.17, 15) is 0 Å². The summed E-state index contributed by atoms with van der Waals surface area (Å²) in [6.45, 7) is 6.62. The van der Waals surface area contributed by atoms with Gasteiger partial charge in [-0.05, 0) is 31.4 Å². The summed E-state index contributed by atoms with van der Waals surface area (Å²) in [5.74, 6) is 0. The van der Waals surface area contributed by atoms with E-state index in [0.717, 1.165) is 24.9 Å². The molecular weight excluding hydrogens is 230 g/mol. The third-order valence-corrected chi connectivity index (χ3v) is 3.66. The van der Waals surface area contributed by atoms with Crippen molar-refractivity contribution in [3.63, 3.8) is 0 Å². The van der Waals surface area contributed by atoms with E-state index in [1.165, 1.54) is 0 Å². The van der Waals surface area contributed by atoms with Crippen molar-refractivity contribution in [2.75, 3.05) is 5.32 Å². The summed E-state index contributed by atoms with van der Waals surface area (Å²) in [5.41, 5.74) is 7.37. The Morgan fingerprint density at radius 1 is 1.29 bits per heavy atom. The number of thiocarbonyl (C=S) groups is 1. The standard InChI is InChI=1S/C13H21N3S/c1-4-13(5-2,6-3)16-10-7-8-11(12(14)17)15-9-10/h7-9,16H,4-6H2,1-3H3,(H2,14,17). The van der Waals surface area contributed by atoms with Crippen LogP contribution in [0.3, 0.4) is 0 Å². The van der Waals surface area contributed by atoms with Gasteiger partial charge in [0.2, 0.25) is 0 Å². The van der Waals surface area contributed by atoms with Crippen molar-refractivity contribution in [2.45, 2.75) is 45.6 Å². The summed E-state index contributed by atoms with van der Waals surface area (Å²) in [7, 11) is 0. The molecule has 0 bridgehead atoms. The van der Waals surface area contributed by atoms with Crippen LogP contribution in [0.1, 0.15) is 45.7 Å². The van der Waals surface area contributed by atoms with Gasteiger partial charge in [0.05, 0.1) is 17.6 Å².